The predicted molar refractivity (Wildman–Crippen MR) is 88.4 cm³/mol. The van der Waals surface area contributed by atoms with E-state index in [0.29, 0.717) is 0 Å². The molecule has 0 N–H and O–H groups in total. The van der Waals surface area contributed by atoms with Crippen LogP contribution in [0.3, 0.4) is 0 Å². The summed E-state index contributed by atoms with van der Waals surface area (Å²) in [4.78, 5) is 0. The summed E-state index contributed by atoms with van der Waals surface area (Å²) >= 11 is 0. The van der Waals surface area contributed by atoms with Gasteiger partial charge in [-0.1, -0.05) is 32.0 Å². The number of aryl methyl sites for hydroxylation is 1. The van der Waals surface area contributed by atoms with Crippen LogP contribution in [0, 0.1) is 6.92 Å². The molecule has 0 bridgehead atoms. The third-order valence-electron chi connectivity index (χ3n) is 6.02. The maximum Gasteiger partial charge on any atom is 0.213 e. The summed E-state index contributed by atoms with van der Waals surface area (Å²) in [5.41, 5.74) is 5.86. The molecule has 0 saturated carbocycles. The average Bonchev–Trinajstić information content (AvgIpc) is 2.52. The van der Waals surface area contributed by atoms with Crippen molar-refractivity contribution >= 4 is 0 Å². The Bertz CT molecular complexity index is 688. The summed E-state index contributed by atoms with van der Waals surface area (Å²) in [7, 11) is 0. The van der Waals surface area contributed by atoms with Gasteiger partial charge in [-0.2, -0.15) is 4.57 Å². The van der Waals surface area contributed by atoms with Gasteiger partial charge in [0.15, 0.2) is 11.7 Å². The van der Waals surface area contributed by atoms with Crippen molar-refractivity contribution in [2.75, 3.05) is 0 Å². The van der Waals surface area contributed by atoms with Crippen LogP contribution in [0.4, 0.5) is 0 Å². The monoisotopic (exact) mass is 280 g/mol. The first-order valence-corrected chi connectivity index (χ1v) is 8.10. The molecule has 0 spiro atoms. The largest absolute Gasteiger partial charge is 0.213 e. The van der Waals surface area contributed by atoms with Crippen molar-refractivity contribution in [1.82, 2.24) is 0 Å². The second-order valence-corrected chi connectivity index (χ2v) is 6.82. The molecule has 2 atom stereocenters. The van der Waals surface area contributed by atoms with Gasteiger partial charge in [-0.15, -0.1) is 0 Å². The lowest BCUT2D eigenvalue weighted by atomic mass is 9.60. The maximum absolute atomic E-state index is 2.52. The Morgan fingerprint density at radius 1 is 1.00 bits per heavy atom. The van der Waals surface area contributed by atoms with E-state index in [1.165, 1.54) is 22.4 Å². The van der Waals surface area contributed by atoms with E-state index in [-0.39, 0.29) is 11.0 Å². The number of pyridine rings is 1. The molecule has 1 aromatic carbocycles. The summed E-state index contributed by atoms with van der Waals surface area (Å²) < 4.78 is 2.52. The Balaban J connectivity index is 2.43. The van der Waals surface area contributed by atoms with Crippen LogP contribution in [0.5, 0.6) is 0 Å². The van der Waals surface area contributed by atoms with Crippen molar-refractivity contribution in [1.29, 1.82) is 0 Å². The molecule has 0 saturated heterocycles. The SMILES string of the molecule is CCC1(C)c2ccccc2-c2cc(C)cc[n+]2C1(C)CC. The topological polar surface area (TPSA) is 3.88 Å². The minimum Gasteiger partial charge on any atom is -0.192 e. The van der Waals surface area contributed by atoms with Gasteiger partial charge in [0.2, 0.25) is 5.69 Å². The van der Waals surface area contributed by atoms with Crippen LogP contribution >= 0.6 is 0 Å². The van der Waals surface area contributed by atoms with Gasteiger partial charge in [-0.3, -0.25) is 0 Å². The van der Waals surface area contributed by atoms with Crippen LogP contribution in [-0.4, -0.2) is 0 Å². The molecule has 0 fully saturated rings. The highest BCUT2D eigenvalue weighted by Gasteiger charge is 2.55. The molecule has 0 amide bonds. The van der Waals surface area contributed by atoms with Gasteiger partial charge >= 0.3 is 0 Å². The fraction of sp³-hybridized carbons (Fsp3) is 0.450. The fourth-order valence-electron chi connectivity index (χ4n) is 4.12. The highest BCUT2D eigenvalue weighted by atomic mass is 15.1. The predicted octanol–water partition coefficient (Wildman–Crippen LogP) is 4.76. The first kappa shape index (κ1) is 14.3. The van der Waals surface area contributed by atoms with Gasteiger partial charge in [0.1, 0.15) is 0 Å². The van der Waals surface area contributed by atoms with E-state index < -0.39 is 0 Å². The standard InChI is InChI=1S/C20H26N/c1-6-19(4)17-11-9-8-10-16(17)18-14-15(3)12-13-21(18)20(19,5)7-2/h8-14H,6-7H2,1-5H3/q+1. The summed E-state index contributed by atoms with van der Waals surface area (Å²) in [6, 6.07) is 13.5. The lowest BCUT2D eigenvalue weighted by Gasteiger charge is -2.46. The van der Waals surface area contributed by atoms with E-state index in [1.54, 1.807) is 0 Å². The molecule has 110 valence electrons. The number of hydrogen-bond donors (Lipinski definition) is 0. The molecule has 2 heterocycles. The molecule has 1 nitrogen and oxygen atoms in total. The van der Waals surface area contributed by atoms with Gasteiger partial charge < -0.3 is 0 Å². The van der Waals surface area contributed by atoms with Gasteiger partial charge in [0, 0.05) is 25.5 Å². The number of aromatic nitrogens is 1. The first-order chi connectivity index (χ1) is 9.98. The Hall–Kier alpha value is -1.63. The zero-order valence-corrected chi connectivity index (χ0v) is 13.9. The van der Waals surface area contributed by atoms with E-state index in [9.17, 15) is 0 Å². The second-order valence-electron chi connectivity index (χ2n) is 6.82. The third-order valence-corrected chi connectivity index (χ3v) is 6.02. The van der Waals surface area contributed by atoms with E-state index >= 15 is 0 Å². The van der Waals surface area contributed by atoms with Crippen LogP contribution in [0.15, 0.2) is 42.6 Å². The second kappa shape index (κ2) is 4.69. The minimum atomic E-state index is 0.110. The molecule has 2 aromatic rings. The van der Waals surface area contributed by atoms with Crippen molar-refractivity contribution in [2.45, 2.75) is 58.4 Å². The van der Waals surface area contributed by atoms with Crippen molar-refractivity contribution < 1.29 is 4.57 Å². The first-order valence-electron chi connectivity index (χ1n) is 8.10. The number of benzene rings is 1. The summed E-state index contributed by atoms with van der Waals surface area (Å²) in [5, 5.41) is 0. The number of rotatable bonds is 2. The van der Waals surface area contributed by atoms with E-state index in [1.807, 2.05) is 0 Å². The molecule has 21 heavy (non-hydrogen) atoms. The summed E-state index contributed by atoms with van der Waals surface area (Å²) in [6.45, 7) is 11.7. The Morgan fingerprint density at radius 2 is 1.71 bits per heavy atom. The Kier molecular flexibility index (Phi) is 3.20. The molecule has 0 radical (unpaired) electrons. The van der Waals surface area contributed by atoms with Crippen LogP contribution in [0.2, 0.25) is 0 Å². The fourth-order valence-corrected chi connectivity index (χ4v) is 4.12. The molecular formula is C20H26N+. The van der Waals surface area contributed by atoms with Crippen LogP contribution in [0.1, 0.15) is 51.7 Å². The smallest absolute Gasteiger partial charge is 0.192 e. The van der Waals surface area contributed by atoms with Gasteiger partial charge in [-0.05, 0) is 37.5 Å². The van der Waals surface area contributed by atoms with Crippen molar-refractivity contribution in [3.8, 4) is 11.3 Å². The van der Waals surface area contributed by atoms with Crippen molar-refractivity contribution in [3.05, 3.63) is 53.7 Å². The van der Waals surface area contributed by atoms with E-state index in [2.05, 4.69) is 81.8 Å². The Labute approximate surface area is 128 Å². The summed E-state index contributed by atoms with van der Waals surface area (Å²) in [5.74, 6) is 0. The molecule has 1 aromatic heterocycles. The molecular weight excluding hydrogens is 254 g/mol. The van der Waals surface area contributed by atoms with E-state index in [0.717, 1.165) is 12.8 Å². The molecule has 1 aliphatic heterocycles. The normalized spacial score (nSPS) is 27.1. The van der Waals surface area contributed by atoms with Crippen LogP contribution < -0.4 is 4.57 Å². The zero-order valence-electron chi connectivity index (χ0n) is 13.9. The van der Waals surface area contributed by atoms with Crippen LogP contribution in [-0.2, 0) is 11.0 Å². The molecule has 1 aliphatic rings. The molecule has 2 unspecified atom stereocenters. The van der Waals surface area contributed by atoms with Gasteiger partial charge in [-0.25, -0.2) is 0 Å². The number of fused-ring (bicyclic) bond motifs is 3. The van der Waals surface area contributed by atoms with Gasteiger partial charge in [0.05, 0.1) is 11.0 Å². The lowest BCUT2D eigenvalue weighted by Crippen LogP contribution is -2.67. The summed E-state index contributed by atoms with van der Waals surface area (Å²) in [6.07, 6.45) is 4.57. The molecule has 1 heteroatoms. The highest BCUT2D eigenvalue weighted by Crippen LogP contribution is 2.49. The highest BCUT2D eigenvalue weighted by molar-refractivity contribution is 5.65. The van der Waals surface area contributed by atoms with E-state index in [4.69, 9.17) is 0 Å². The van der Waals surface area contributed by atoms with Crippen molar-refractivity contribution in [3.63, 3.8) is 0 Å². The molecule has 3 rings (SSSR count). The minimum absolute atomic E-state index is 0.110. The Morgan fingerprint density at radius 3 is 2.38 bits per heavy atom. The molecule has 0 aliphatic carbocycles. The average molecular weight is 280 g/mol. The quantitative estimate of drug-likeness (QED) is 0.699. The maximum atomic E-state index is 2.52. The third kappa shape index (κ3) is 1.73. The van der Waals surface area contributed by atoms with Crippen molar-refractivity contribution in [2.24, 2.45) is 0 Å². The number of nitrogens with zero attached hydrogens (tertiary/aromatic N) is 1. The number of hydrogen-bond acceptors (Lipinski definition) is 0. The van der Waals surface area contributed by atoms with Gasteiger partial charge in [0.25, 0.3) is 0 Å². The van der Waals surface area contributed by atoms with Crippen LogP contribution in [0.25, 0.3) is 11.3 Å². The lowest BCUT2D eigenvalue weighted by molar-refractivity contribution is -0.765. The zero-order chi connectivity index (χ0) is 15.3.